The maximum absolute atomic E-state index is 12.9. The fourth-order valence-electron chi connectivity index (χ4n) is 4.11. The average molecular weight is 455 g/mol. The van der Waals surface area contributed by atoms with Crippen LogP contribution in [0.25, 0.3) is 10.9 Å². The van der Waals surface area contributed by atoms with Gasteiger partial charge in [0.25, 0.3) is 0 Å². The van der Waals surface area contributed by atoms with Gasteiger partial charge in [-0.25, -0.2) is 0 Å². The van der Waals surface area contributed by atoms with Crippen LogP contribution in [0, 0.1) is 11.8 Å². The number of ether oxygens (including phenoxy) is 1. The molecule has 0 spiro atoms. The topological polar surface area (TPSA) is 71.2 Å². The number of fused-ring (bicyclic) bond motifs is 1. The van der Waals surface area contributed by atoms with Crippen molar-refractivity contribution in [2.24, 2.45) is 11.8 Å². The Hall–Kier alpha value is -3.86. The molecule has 4 rings (SSSR count). The van der Waals surface area contributed by atoms with Crippen LogP contribution in [0.3, 0.4) is 0 Å². The van der Waals surface area contributed by atoms with E-state index in [0.717, 1.165) is 27.6 Å². The van der Waals surface area contributed by atoms with E-state index in [1.54, 1.807) is 0 Å². The Morgan fingerprint density at radius 3 is 2.24 bits per heavy atom. The first-order chi connectivity index (χ1) is 16.6. The van der Waals surface area contributed by atoms with Crippen LogP contribution in [-0.4, -0.2) is 23.4 Å². The maximum Gasteiger partial charge on any atom is 0.311 e. The van der Waals surface area contributed by atoms with E-state index in [4.69, 9.17) is 4.74 Å². The molecule has 2 unspecified atom stereocenters. The number of rotatable bonds is 10. The number of benzene rings is 3. The van der Waals surface area contributed by atoms with E-state index < -0.39 is 5.92 Å². The average Bonchev–Trinajstić information content (AvgIpc) is 3.28. The number of H-pyrrole nitrogens is 1. The summed E-state index contributed by atoms with van der Waals surface area (Å²) < 4.78 is 5.59. The number of aromatic amines is 1. The highest BCUT2D eigenvalue weighted by Crippen LogP contribution is 2.21. The summed E-state index contributed by atoms with van der Waals surface area (Å²) in [6.07, 6.45) is 3.09. The molecule has 0 saturated heterocycles. The molecule has 0 fully saturated rings. The zero-order valence-electron chi connectivity index (χ0n) is 19.4. The van der Waals surface area contributed by atoms with E-state index in [1.165, 1.54) is 0 Å². The van der Waals surface area contributed by atoms with E-state index in [9.17, 15) is 9.59 Å². The molecular formula is C29H30N2O3. The summed E-state index contributed by atoms with van der Waals surface area (Å²) >= 11 is 0. The lowest BCUT2D eigenvalue weighted by Gasteiger charge is -2.19. The highest BCUT2D eigenvalue weighted by atomic mass is 16.5. The molecular weight excluding hydrogens is 424 g/mol. The third-order valence-electron chi connectivity index (χ3n) is 6.05. The number of carbonyl (C=O) groups excluding carboxylic acids is 2. The smallest absolute Gasteiger partial charge is 0.311 e. The summed E-state index contributed by atoms with van der Waals surface area (Å²) in [5.41, 5.74) is 4.14. The van der Waals surface area contributed by atoms with Crippen molar-refractivity contribution in [3.63, 3.8) is 0 Å². The fraction of sp³-hybridized carbons (Fsp3) is 0.241. The molecule has 0 aliphatic carbocycles. The van der Waals surface area contributed by atoms with Gasteiger partial charge in [0.1, 0.15) is 6.61 Å². The molecule has 5 nitrogen and oxygen atoms in total. The third kappa shape index (κ3) is 6.13. The van der Waals surface area contributed by atoms with Crippen molar-refractivity contribution in [1.29, 1.82) is 0 Å². The Bertz CT molecular complexity index is 1220. The number of hydrogen-bond acceptors (Lipinski definition) is 3. The van der Waals surface area contributed by atoms with E-state index in [2.05, 4.69) is 16.4 Å². The summed E-state index contributed by atoms with van der Waals surface area (Å²) in [6.45, 7) is 2.37. The van der Waals surface area contributed by atoms with Gasteiger partial charge in [-0.15, -0.1) is 0 Å². The Balaban J connectivity index is 1.37. The minimum absolute atomic E-state index is 0.0702. The molecule has 1 aromatic heterocycles. The molecule has 3 aromatic carbocycles. The van der Waals surface area contributed by atoms with E-state index in [-0.39, 0.29) is 30.9 Å². The first kappa shape index (κ1) is 23.3. The largest absolute Gasteiger partial charge is 0.461 e. The molecule has 0 radical (unpaired) electrons. The SMILES string of the molecule is CC(Cc1c[nH]c2ccccc12)C(=O)NCC(Cc1ccccc1)C(=O)OCc1ccccc1. The second-order valence-corrected chi connectivity index (χ2v) is 8.69. The number of hydrogen-bond donors (Lipinski definition) is 2. The predicted molar refractivity (Wildman–Crippen MR) is 134 cm³/mol. The van der Waals surface area contributed by atoms with Crippen LogP contribution in [0.5, 0.6) is 0 Å². The lowest BCUT2D eigenvalue weighted by molar-refractivity contribution is -0.149. The zero-order chi connectivity index (χ0) is 23.8. The van der Waals surface area contributed by atoms with Crippen molar-refractivity contribution >= 4 is 22.8 Å². The van der Waals surface area contributed by atoms with Gasteiger partial charge in [0, 0.05) is 29.6 Å². The maximum atomic E-state index is 12.9. The first-order valence-corrected chi connectivity index (χ1v) is 11.7. The van der Waals surface area contributed by atoms with E-state index in [0.29, 0.717) is 12.8 Å². The standard InChI is InChI=1S/C29H30N2O3/c1-21(16-24-18-30-27-15-9-8-14-26(24)27)28(32)31-19-25(17-22-10-4-2-5-11-22)29(33)34-20-23-12-6-3-7-13-23/h2-15,18,21,25,30H,16-17,19-20H2,1H3,(H,31,32). The third-order valence-corrected chi connectivity index (χ3v) is 6.05. The Kier molecular flexibility index (Phi) is 7.76. The van der Waals surface area contributed by atoms with Crippen LogP contribution < -0.4 is 5.32 Å². The summed E-state index contributed by atoms with van der Waals surface area (Å²) in [5.74, 6) is -1.07. The quantitative estimate of drug-likeness (QED) is 0.329. The van der Waals surface area contributed by atoms with Gasteiger partial charge in [-0.05, 0) is 35.6 Å². The van der Waals surface area contributed by atoms with Crippen molar-refractivity contribution < 1.29 is 14.3 Å². The van der Waals surface area contributed by atoms with Gasteiger partial charge in [0.2, 0.25) is 5.91 Å². The van der Waals surface area contributed by atoms with Gasteiger partial charge in [-0.1, -0.05) is 85.8 Å². The van der Waals surface area contributed by atoms with Crippen LogP contribution in [-0.2, 0) is 33.8 Å². The molecule has 1 amide bonds. The van der Waals surface area contributed by atoms with Crippen molar-refractivity contribution in [3.8, 4) is 0 Å². The number of carbonyl (C=O) groups is 2. The van der Waals surface area contributed by atoms with Crippen molar-refractivity contribution in [1.82, 2.24) is 10.3 Å². The number of para-hydroxylation sites is 1. The lowest BCUT2D eigenvalue weighted by Crippen LogP contribution is -2.38. The number of esters is 1. The predicted octanol–water partition coefficient (Wildman–Crippen LogP) is 5.07. The van der Waals surface area contributed by atoms with E-state index >= 15 is 0 Å². The van der Waals surface area contributed by atoms with Crippen molar-refractivity contribution in [2.75, 3.05) is 6.54 Å². The monoisotopic (exact) mass is 454 g/mol. The summed E-state index contributed by atoms with van der Waals surface area (Å²) in [6, 6.07) is 27.5. The molecule has 0 bridgehead atoms. The highest BCUT2D eigenvalue weighted by molar-refractivity contribution is 5.85. The number of nitrogens with one attached hydrogen (secondary N) is 2. The normalized spacial score (nSPS) is 12.7. The van der Waals surface area contributed by atoms with Crippen molar-refractivity contribution in [2.45, 2.75) is 26.4 Å². The molecule has 2 atom stereocenters. The van der Waals surface area contributed by atoms with E-state index in [1.807, 2.05) is 92.0 Å². The molecule has 1 heterocycles. The molecule has 5 heteroatoms. The summed E-state index contributed by atoms with van der Waals surface area (Å²) in [4.78, 5) is 29.1. The van der Waals surface area contributed by atoms with Crippen LogP contribution in [0.15, 0.2) is 91.1 Å². The summed E-state index contributed by atoms with van der Waals surface area (Å²) in [5, 5.41) is 4.13. The van der Waals surface area contributed by atoms with Gasteiger partial charge in [-0.3, -0.25) is 9.59 Å². The molecule has 4 aromatic rings. The van der Waals surface area contributed by atoms with Gasteiger partial charge >= 0.3 is 5.97 Å². The highest BCUT2D eigenvalue weighted by Gasteiger charge is 2.23. The molecule has 0 aliphatic heterocycles. The molecule has 34 heavy (non-hydrogen) atoms. The number of amides is 1. The first-order valence-electron chi connectivity index (χ1n) is 11.7. The lowest BCUT2D eigenvalue weighted by atomic mass is 9.97. The molecule has 0 aliphatic rings. The van der Waals surface area contributed by atoms with Gasteiger partial charge < -0.3 is 15.0 Å². The fourth-order valence-corrected chi connectivity index (χ4v) is 4.11. The minimum Gasteiger partial charge on any atom is -0.461 e. The van der Waals surface area contributed by atoms with Gasteiger partial charge in [-0.2, -0.15) is 0 Å². The van der Waals surface area contributed by atoms with Crippen molar-refractivity contribution in [3.05, 3.63) is 108 Å². The molecule has 0 saturated carbocycles. The Morgan fingerprint density at radius 1 is 0.853 bits per heavy atom. The second kappa shape index (κ2) is 11.3. The second-order valence-electron chi connectivity index (χ2n) is 8.69. The zero-order valence-corrected chi connectivity index (χ0v) is 19.4. The minimum atomic E-state index is -0.463. The van der Waals surface area contributed by atoms with Gasteiger partial charge in [0.05, 0.1) is 5.92 Å². The van der Waals surface area contributed by atoms with Crippen LogP contribution in [0.4, 0.5) is 0 Å². The molecule has 174 valence electrons. The van der Waals surface area contributed by atoms with Crippen LogP contribution >= 0.6 is 0 Å². The Morgan fingerprint density at radius 2 is 1.50 bits per heavy atom. The van der Waals surface area contributed by atoms with Crippen LogP contribution in [0.1, 0.15) is 23.6 Å². The summed E-state index contributed by atoms with van der Waals surface area (Å²) in [7, 11) is 0. The number of aromatic nitrogens is 1. The van der Waals surface area contributed by atoms with Crippen LogP contribution in [0.2, 0.25) is 0 Å². The molecule has 2 N–H and O–H groups in total. The Labute approximate surface area is 200 Å². The van der Waals surface area contributed by atoms with Gasteiger partial charge in [0.15, 0.2) is 0 Å².